The lowest BCUT2D eigenvalue weighted by molar-refractivity contribution is 0.0115. The lowest BCUT2D eigenvalue weighted by Crippen LogP contribution is -2.50. The van der Waals surface area contributed by atoms with Crippen molar-refractivity contribution in [1.29, 1.82) is 0 Å². The monoisotopic (exact) mass is 163 g/mol. The zero-order valence-corrected chi connectivity index (χ0v) is 6.87. The van der Waals surface area contributed by atoms with Crippen LogP contribution in [0.5, 0.6) is 0 Å². The van der Waals surface area contributed by atoms with E-state index >= 15 is 0 Å². The molecule has 3 heteroatoms. The molecule has 0 bridgehead atoms. The molecular formula is C8H15F2N. The maximum absolute atomic E-state index is 12.5. The molecule has 66 valence electrons. The van der Waals surface area contributed by atoms with Crippen LogP contribution in [0, 0.1) is 0 Å². The Bertz CT molecular complexity index is 119. The zero-order valence-electron chi connectivity index (χ0n) is 6.87. The van der Waals surface area contributed by atoms with Gasteiger partial charge in [-0.3, -0.25) is 0 Å². The topological polar surface area (TPSA) is 12.0 Å². The highest BCUT2D eigenvalue weighted by Crippen LogP contribution is 2.32. The first-order chi connectivity index (χ1) is 5.21. The lowest BCUT2D eigenvalue weighted by atomic mass is 9.82. The van der Waals surface area contributed by atoms with E-state index in [0.29, 0.717) is 12.8 Å². The lowest BCUT2D eigenvalue weighted by Gasteiger charge is -2.36. The van der Waals surface area contributed by atoms with E-state index in [1.54, 1.807) is 7.05 Å². The summed E-state index contributed by atoms with van der Waals surface area (Å²) >= 11 is 0. The van der Waals surface area contributed by atoms with Crippen molar-refractivity contribution in [2.45, 2.75) is 44.1 Å². The van der Waals surface area contributed by atoms with Crippen LogP contribution in [0.1, 0.15) is 32.1 Å². The van der Waals surface area contributed by atoms with Gasteiger partial charge in [-0.1, -0.05) is 19.3 Å². The predicted molar refractivity (Wildman–Crippen MR) is 40.9 cm³/mol. The molecule has 0 aromatic rings. The third-order valence-corrected chi connectivity index (χ3v) is 2.66. The molecule has 1 nitrogen and oxygen atoms in total. The molecule has 0 aromatic heterocycles. The third-order valence-electron chi connectivity index (χ3n) is 2.66. The van der Waals surface area contributed by atoms with Crippen LogP contribution in [0.4, 0.5) is 8.78 Å². The van der Waals surface area contributed by atoms with Gasteiger partial charge in [0, 0.05) is 0 Å². The fraction of sp³-hybridized carbons (Fsp3) is 1.00. The molecule has 0 amide bonds. The second-order valence-electron chi connectivity index (χ2n) is 3.27. The Morgan fingerprint density at radius 2 is 1.73 bits per heavy atom. The van der Waals surface area contributed by atoms with E-state index in [1.807, 2.05) is 0 Å². The van der Waals surface area contributed by atoms with Crippen LogP contribution in [0.25, 0.3) is 0 Å². The van der Waals surface area contributed by atoms with Gasteiger partial charge in [0.05, 0.1) is 5.54 Å². The molecule has 1 aliphatic rings. The zero-order chi connectivity index (χ0) is 8.32. The van der Waals surface area contributed by atoms with Crippen molar-refractivity contribution < 1.29 is 8.78 Å². The van der Waals surface area contributed by atoms with Gasteiger partial charge >= 0.3 is 0 Å². The Morgan fingerprint density at radius 1 is 1.18 bits per heavy atom. The molecule has 1 aliphatic carbocycles. The highest BCUT2D eigenvalue weighted by molar-refractivity contribution is 4.91. The first kappa shape index (κ1) is 8.91. The number of nitrogens with one attached hydrogen (secondary N) is 1. The minimum Gasteiger partial charge on any atom is -0.309 e. The molecule has 1 saturated carbocycles. The maximum Gasteiger partial charge on any atom is 0.256 e. The van der Waals surface area contributed by atoms with Gasteiger partial charge in [-0.2, -0.15) is 0 Å². The van der Waals surface area contributed by atoms with E-state index < -0.39 is 12.0 Å². The van der Waals surface area contributed by atoms with E-state index in [2.05, 4.69) is 5.32 Å². The van der Waals surface area contributed by atoms with Crippen LogP contribution in [0.3, 0.4) is 0 Å². The second kappa shape index (κ2) is 3.48. The van der Waals surface area contributed by atoms with E-state index in [9.17, 15) is 8.78 Å². The first-order valence-electron chi connectivity index (χ1n) is 4.18. The van der Waals surface area contributed by atoms with Crippen molar-refractivity contribution in [3.8, 4) is 0 Å². The molecule has 0 radical (unpaired) electrons. The minimum atomic E-state index is -2.22. The molecule has 0 spiro atoms. The summed E-state index contributed by atoms with van der Waals surface area (Å²) in [7, 11) is 1.64. The molecule has 0 aromatic carbocycles. The Kier molecular flexibility index (Phi) is 2.82. The summed E-state index contributed by atoms with van der Waals surface area (Å²) in [5, 5.41) is 2.77. The maximum atomic E-state index is 12.5. The van der Waals surface area contributed by atoms with E-state index in [-0.39, 0.29) is 0 Å². The number of halogens is 2. The molecule has 0 heterocycles. The van der Waals surface area contributed by atoms with Crippen molar-refractivity contribution in [3.05, 3.63) is 0 Å². The third kappa shape index (κ3) is 1.70. The molecule has 1 fully saturated rings. The van der Waals surface area contributed by atoms with Crippen LogP contribution < -0.4 is 5.32 Å². The molecule has 0 unspecified atom stereocenters. The standard InChI is InChI=1S/C8H15F2N/c1-11-8(7(9)10)5-3-2-4-6-8/h7,11H,2-6H2,1H3. The summed E-state index contributed by atoms with van der Waals surface area (Å²) in [4.78, 5) is 0. The van der Waals surface area contributed by atoms with Gasteiger partial charge in [-0.15, -0.1) is 0 Å². The molecule has 0 atom stereocenters. The van der Waals surface area contributed by atoms with Crippen molar-refractivity contribution >= 4 is 0 Å². The average Bonchev–Trinajstić information content (AvgIpc) is 2.05. The van der Waals surface area contributed by atoms with Crippen LogP contribution in [0.15, 0.2) is 0 Å². The molecule has 1 rings (SSSR count). The number of hydrogen-bond donors (Lipinski definition) is 1. The largest absolute Gasteiger partial charge is 0.309 e. The van der Waals surface area contributed by atoms with Crippen LogP contribution in [-0.2, 0) is 0 Å². The van der Waals surface area contributed by atoms with Gasteiger partial charge in [0.15, 0.2) is 0 Å². The van der Waals surface area contributed by atoms with Crippen molar-refractivity contribution in [1.82, 2.24) is 5.32 Å². The Morgan fingerprint density at radius 3 is 2.00 bits per heavy atom. The minimum absolute atomic E-state index is 0.626. The Labute approximate surface area is 66.2 Å². The Hall–Kier alpha value is -0.180. The van der Waals surface area contributed by atoms with E-state index in [1.165, 1.54) is 0 Å². The van der Waals surface area contributed by atoms with Crippen LogP contribution in [-0.4, -0.2) is 19.0 Å². The second-order valence-corrected chi connectivity index (χ2v) is 3.27. The van der Waals surface area contributed by atoms with Gasteiger partial charge < -0.3 is 5.32 Å². The SMILES string of the molecule is CNC1(C(F)F)CCCCC1. The highest BCUT2D eigenvalue weighted by atomic mass is 19.3. The van der Waals surface area contributed by atoms with Gasteiger partial charge in [-0.25, -0.2) is 8.78 Å². The van der Waals surface area contributed by atoms with Crippen molar-refractivity contribution in [3.63, 3.8) is 0 Å². The fourth-order valence-electron chi connectivity index (χ4n) is 1.76. The molecule has 0 aliphatic heterocycles. The highest BCUT2D eigenvalue weighted by Gasteiger charge is 2.38. The van der Waals surface area contributed by atoms with Crippen molar-refractivity contribution in [2.24, 2.45) is 0 Å². The summed E-state index contributed by atoms with van der Waals surface area (Å²) < 4.78 is 25.0. The molecular weight excluding hydrogens is 148 g/mol. The number of hydrogen-bond acceptors (Lipinski definition) is 1. The summed E-state index contributed by atoms with van der Waals surface area (Å²) in [5.41, 5.74) is -0.863. The summed E-state index contributed by atoms with van der Waals surface area (Å²) in [6, 6.07) is 0. The van der Waals surface area contributed by atoms with E-state index in [4.69, 9.17) is 0 Å². The predicted octanol–water partition coefficient (Wildman–Crippen LogP) is 2.17. The molecule has 0 saturated heterocycles. The van der Waals surface area contributed by atoms with Gasteiger partial charge in [0.1, 0.15) is 0 Å². The summed E-state index contributed by atoms with van der Waals surface area (Å²) in [5.74, 6) is 0. The van der Waals surface area contributed by atoms with Crippen LogP contribution >= 0.6 is 0 Å². The normalized spacial score (nSPS) is 24.0. The Balaban J connectivity index is 2.57. The fourth-order valence-corrected chi connectivity index (χ4v) is 1.76. The smallest absolute Gasteiger partial charge is 0.256 e. The number of alkyl halides is 2. The van der Waals surface area contributed by atoms with E-state index in [0.717, 1.165) is 19.3 Å². The number of rotatable bonds is 2. The van der Waals surface area contributed by atoms with Gasteiger partial charge in [-0.05, 0) is 19.9 Å². The quantitative estimate of drug-likeness (QED) is 0.657. The van der Waals surface area contributed by atoms with Gasteiger partial charge in [0.2, 0.25) is 0 Å². The van der Waals surface area contributed by atoms with Gasteiger partial charge in [0.25, 0.3) is 6.43 Å². The molecule has 11 heavy (non-hydrogen) atoms. The van der Waals surface area contributed by atoms with Crippen LogP contribution in [0.2, 0.25) is 0 Å². The summed E-state index contributed by atoms with van der Waals surface area (Å²) in [6.07, 6.45) is 2.02. The first-order valence-corrected chi connectivity index (χ1v) is 4.18. The average molecular weight is 163 g/mol. The summed E-state index contributed by atoms with van der Waals surface area (Å²) in [6.45, 7) is 0. The molecule has 1 N–H and O–H groups in total. The van der Waals surface area contributed by atoms with Crippen molar-refractivity contribution in [2.75, 3.05) is 7.05 Å².